The van der Waals surface area contributed by atoms with Gasteiger partial charge in [0, 0.05) is 11.5 Å². The third kappa shape index (κ3) is 10.7. The third-order valence-electron chi connectivity index (χ3n) is 6.94. The van der Waals surface area contributed by atoms with Crippen LogP contribution in [0.15, 0.2) is 42.5 Å². The summed E-state index contributed by atoms with van der Waals surface area (Å²) in [6, 6.07) is 15.5. The van der Waals surface area contributed by atoms with Gasteiger partial charge < -0.3 is 5.73 Å². The lowest BCUT2D eigenvalue weighted by Crippen LogP contribution is -2.39. The van der Waals surface area contributed by atoms with E-state index in [2.05, 4.69) is 63.2 Å². The summed E-state index contributed by atoms with van der Waals surface area (Å²) in [6.07, 6.45) is 20.9. The standard InChI is InChI=1S/C30H49N.ClH/c1-4-5-6-7-8-9-10-11-12-13-14-15-16-17-25-29(30(2,3)31)28-24-20-22-26-21-18-19-23-27(26)28;/h18-24,29H,4-17,25,31H2,1-3H3;1H. The Bertz CT molecular complexity index is 713. The molecule has 0 heterocycles. The van der Waals surface area contributed by atoms with Gasteiger partial charge in [-0.25, -0.2) is 0 Å². The molecule has 1 unspecified atom stereocenters. The first-order valence-electron chi connectivity index (χ1n) is 13.3. The number of hydrogen-bond acceptors (Lipinski definition) is 1. The molecule has 0 spiro atoms. The molecule has 0 fully saturated rings. The van der Waals surface area contributed by atoms with E-state index < -0.39 is 0 Å². The molecule has 182 valence electrons. The Balaban J connectivity index is 0.00000512. The zero-order valence-electron chi connectivity index (χ0n) is 21.2. The summed E-state index contributed by atoms with van der Waals surface area (Å²) in [7, 11) is 0. The van der Waals surface area contributed by atoms with Crippen LogP contribution < -0.4 is 5.73 Å². The average molecular weight is 460 g/mol. The number of benzene rings is 2. The maximum Gasteiger partial charge on any atom is 0.0166 e. The van der Waals surface area contributed by atoms with Crippen molar-refractivity contribution in [3.8, 4) is 0 Å². The first-order valence-corrected chi connectivity index (χ1v) is 13.3. The maximum atomic E-state index is 6.66. The SMILES string of the molecule is CCCCCCCCCCCCCCCCC(c1cccc2ccccc12)C(C)(C)N.Cl. The van der Waals surface area contributed by atoms with Gasteiger partial charge in [0.2, 0.25) is 0 Å². The highest BCUT2D eigenvalue weighted by atomic mass is 35.5. The first-order chi connectivity index (χ1) is 15.0. The Labute approximate surface area is 205 Å². The molecule has 1 nitrogen and oxygen atoms in total. The molecule has 0 aromatic heterocycles. The lowest BCUT2D eigenvalue weighted by Gasteiger charge is -2.32. The zero-order chi connectivity index (χ0) is 22.4. The van der Waals surface area contributed by atoms with Crippen LogP contribution in [-0.4, -0.2) is 5.54 Å². The van der Waals surface area contributed by atoms with Crippen molar-refractivity contribution in [2.24, 2.45) is 5.73 Å². The Kier molecular flexibility index (Phi) is 15.0. The molecule has 2 aromatic carbocycles. The van der Waals surface area contributed by atoms with E-state index >= 15 is 0 Å². The van der Waals surface area contributed by atoms with Crippen LogP contribution in [0.4, 0.5) is 0 Å². The summed E-state index contributed by atoms with van der Waals surface area (Å²) in [5.41, 5.74) is 7.89. The molecule has 0 aliphatic carbocycles. The molecular formula is C30H50ClN. The molecular weight excluding hydrogens is 410 g/mol. The van der Waals surface area contributed by atoms with Gasteiger partial charge in [0.1, 0.15) is 0 Å². The Morgan fingerprint density at radius 3 is 1.66 bits per heavy atom. The van der Waals surface area contributed by atoms with E-state index in [9.17, 15) is 0 Å². The minimum absolute atomic E-state index is 0. The fraction of sp³-hybridized carbons (Fsp3) is 0.667. The number of unbranched alkanes of at least 4 members (excludes halogenated alkanes) is 13. The van der Waals surface area contributed by atoms with E-state index in [-0.39, 0.29) is 17.9 Å². The summed E-state index contributed by atoms with van der Waals surface area (Å²) in [4.78, 5) is 0. The predicted molar refractivity (Wildman–Crippen MR) is 147 cm³/mol. The zero-order valence-corrected chi connectivity index (χ0v) is 22.0. The lowest BCUT2D eigenvalue weighted by molar-refractivity contribution is 0.378. The van der Waals surface area contributed by atoms with Gasteiger partial charge in [-0.05, 0) is 36.6 Å². The van der Waals surface area contributed by atoms with E-state index in [1.165, 1.54) is 113 Å². The smallest absolute Gasteiger partial charge is 0.0166 e. The fourth-order valence-electron chi connectivity index (χ4n) is 5.03. The largest absolute Gasteiger partial charge is 0.325 e. The van der Waals surface area contributed by atoms with Gasteiger partial charge in [0.15, 0.2) is 0 Å². The van der Waals surface area contributed by atoms with Crippen molar-refractivity contribution in [3.05, 3.63) is 48.0 Å². The van der Waals surface area contributed by atoms with Crippen molar-refractivity contribution in [2.75, 3.05) is 0 Å². The Hall–Kier alpha value is -1.05. The Morgan fingerprint density at radius 1 is 0.656 bits per heavy atom. The van der Waals surface area contributed by atoms with Crippen molar-refractivity contribution in [2.45, 2.75) is 129 Å². The van der Waals surface area contributed by atoms with Gasteiger partial charge in [0.05, 0.1) is 0 Å². The Morgan fingerprint density at radius 2 is 1.12 bits per heavy atom. The van der Waals surface area contributed by atoms with Crippen molar-refractivity contribution >= 4 is 23.2 Å². The van der Waals surface area contributed by atoms with Gasteiger partial charge in [-0.15, -0.1) is 12.4 Å². The molecule has 0 bridgehead atoms. The van der Waals surface area contributed by atoms with Crippen LogP contribution in [0.2, 0.25) is 0 Å². The van der Waals surface area contributed by atoms with E-state index in [1.807, 2.05) is 0 Å². The van der Waals surface area contributed by atoms with E-state index in [4.69, 9.17) is 5.73 Å². The quantitative estimate of drug-likeness (QED) is 0.234. The topological polar surface area (TPSA) is 26.0 Å². The molecule has 2 rings (SSSR count). The number of halogens is 1. The third-order valence-corrected chi connectivity index (χ3v) is 6.94. The number of rotatable bonds is 17. The van der Waals surface area contributed by atoms with Crippen LogP contribution in [0.1, 0.15) is 129 Å². The molecule has 0 amide bonds. The molecule has 0 saturated carbocycles. The number of hydrogen-bond donors (Lipinski definition) is 1. The second kappa shape index (κ2) is 16.5. The number of fused-ring (bicyclic) bond motifs is 1. The maximum absolute atomic E-state index is 6.66. The van der Waals surface area contributed by atoms with Crippen LogP contribution in [0.25, 0.3) is 10.8 Å². The molecule has 1 atom stereocenters. The highest BCUT2D eigenvalue weighted by Gasteiger charge is 2.27. The molecule has 0 aliphatic heterocycles. The summed E-state index contributed by atoms with van der Waals surface area (Å²) in [5, 5.41) is 2.70. The van der Waals surface area contributed by atoms with Crippen molar-refractivity contribution in [1.82, 2.24) is 0 Å². The highest BCUT2D eigenvalue weighted by Crippen LogP contribution is 2.35. The van der Waals surface area contributed by atoms with Gasteiger partial charge in [-0.3, -0.25) is 0 Å². The van der Waals surface area contributed by atoms with Crippen LogP contribution in [0.3, 0.4) is 0 Å². The van der Waals surface area contributed by atoms with Crippen molar-refractivity contribution in [3.63, 3.8) is 0 Å². The van der Waals surface area contributed by atoms with E-state index in [0.717, 1.165) is 0 Å². The summed E-state index contributed by atoms with van der Waals surface area (Å²) in [6.45, 7) is 6.69. The molecule has 2 N–H and O–H groups in total. The normalized spacial score (nSPS) is 12.6. The van der Waals surface area contributed by atoms with Crippen molar-refractivity contribution < 1.29 is 0 Å². The van der Waals surface area contributed by atoms with E-state index in [1.54, 1.807) is 0 Å². The van der Waals surface area contributed by atoms with Gasteiger partial charge in [-0.1, -0.05) is 139 Å². The molecule has 2 heteroatoms. The van der Waals surface area contributed by atoms with Gasteiger partial charge in [0.25, 0.3) is 0 Å². The summed E-state index contributed by atoms with van der Waals surface area (Å²) in [5.74, 6) is 0.413. The van der Waals surface area contributed by atoms with Gasteiger partial charge in [-0.2, -0.15) is 0 Å². The predicted octanol–water partition coefficient (Wildman–Crippen LogP) is 9.95. The summed E-state index contributed by atoms with van der Waals surface area (Å²) < 4.78 is 0. The van der Waals surface area contributed by atoms with Gasteiger partial charge >= 0.3 is 0 Å². The number of nitrogens with two attached hydrogens (primary N) is 1. The molecule has 0 aliphatic rings. The molecule has 32 heavy (non-hydrogen) atoms. The van der Waals surface area contributed by atoms with Crippen LogP contribution in [-0.2, 0) is 0 Å². The lowest BCUT2D eigenvalue weighted by atomic mass is 9.77. The van der Waals surface area contributed by atoms with Crippen molar-refractivity contribution in [1.29, 1.82) is 0 Å². The summed E-state index contributed by atoms with van der Waals surface area (Å²) >= 11 is 0. The van der Waals surface area contributed by atoms with Crippen LogP contribution in [0.5, 0.6) is 0 Å². The average Bonchev–Trinajstić information content (AvgIpc) is 2.75. The minimum atomic E-state index is -0.194. The fourth-order valence-corrected chi connectivity index (χ4v) is 5.03. The molecule has 0 saturated heterocycles. The first kappa shape index (κ1) is 29.0. The molecule has 2 aromatic rings. The van der Waals surface area contributed by atoms with Crippen LogP contribution >= 0.6 is 12.4 Å². The highest BCUT2D eigenvalue weighted by molar-refractivity contribution is 5.86. The monoisotopic (exact) mass is 459 g/mol. The molecule has 0 radical (unpaired) electrons. The second-order valence-corrected chi connectivity index (χ2v) is 10.3. The van der Waals surface area contributed by atoms with E-state index in [0.29, 0.717) is 5.92 Å². The van der Waals surface area contributed by atoms with Crippen LogP contribution in [0, 0.1) is 0 Å². The minimum Gasteiger partial charge on any atom is -0.325 e. The second-order valence-electron chi connectivity index (χ2n) is 10.3.